The van der Waals surface area contributed by atoms with Crippen LogP contribution in [0.4, 0.5) is 0 Å². The summed E-state index contributed by atoms with van der Waals surface area (Å²) in [5.74, 6) is 0. The van der Waals surface area contributed by atoms with Crippen LogP contribution in [0.3, 0.4) is 0 Å². The van der Waals surface area contributed by atoms with Gasteiger partial charge in [-0.3, -0.25) is 4.57 Å². The standard InChI is InChI=1S/C4H13NO7P2.2Na/c5-3-1-2-4(6,13(7,8)9)14(10,11)12;;/h6H,1-3,5H2,(H2,7,8,9)(H2,10,11,12);;/q;2*+1/p-1. The summed E-state index contributed by atoms with van der Waals surface area (Å²) in [7, 11) is -10.9. The Morgan fingerprint density at radius 2 is 1.56 bits per heavy atom. The summed E-state index contributed by atoms with van der Waals surface area (Å²) in [5, 5.41) is 5.74. The molecular formula is C4H12NNa2O7P2+. The van der Waals surface area contributed by atoms with Gasteiger partial charge in [0.05, 0.1) is 0 Å². The van der Waals surface area contributed by atoms with E-state index in [1.165, 1.54) is 0 Å². The van der Waals surface area contributed by atoms with Crippen LogP contribution < -0.4 is 69.7 Å². The Balaban J connectivity index is -0.000000845. The molecule has 0 spiro atoms. The zero-order chi connectivity index (χ0) is 11.6. The first-order valence-corrected chi connectivity index (χ1v) is 6.77. The van der Waals surface area contributed by atoms with Crippen LogP contribution in [0.25, 0.3) is 0 Å². The van der Waals surface area contributed by atoms with Gasteiger partial charge in [-0.1, -0.05) is 0 Å². The fourth-order valence-electron chi connectivity index (χ4n) is 0.791. The molecule has 6 N–H and O–H groups in total. The maximum Gasteiger partial charge on any atom is 1.00 e. The second-order valence-electron chi connectivity index (χ2n) is 2.73. The Bertz CT molecular complexity index is 266. The molecule has 0 aromatic heterocycles. The molecule has 0 radical (unpaired) electrons. The molecule has 12 heteroatoms. The van der Waals surface area contributed by atoms with E-state index in [1.54, 1.807) is 0 Å². The Hall–Kier alpha value is 2.22. The van der Waals surface area contributed by atoms with Crippen LogP contribution in [0.5, 0.6) is 0 Å². The van der Waals surface area contributed by atoms with E-state index in [0.717, 1.165) is 0 Å². The summed E-state index contributed by atoms with van der Waals surface area (Å²) in [6.45, 7) is -0.0672. The van der Waals surface area contributed by atoms with Crippen molar-refractivity contribution in [1.82, 2.24) is 0 Å². The molecule has 2 unspecified atom stereocenters. The van der Waals surface area contributed by atoms with Crippen LogP contribution in [-0.4, -0.2) is 31.4 Å². The second kappa shape index (κ2) is 8.40. The van der Waals surface area contributed by atoms with E-state index in [9.17, 15) is 19.1 Å². The van der Waals surface area contributed by atoms with Crippen molar-refractivity contribution in [2.45, 2.75) is 17.9 Å². The van der Waals surface area contributed by atoms with E-state index < -0.39 is 26.7 Å². The van der Waals surface area contributed by atoms with Gasteiger partial charge in [-0.2, -0.15) is 0 Å². The SMILES string of the molecule is NCCCC(O)(P(=O)([O-])O)P(=O)(O)O.[Na+].[Na+]. The Labute approximate surface area is 137 Å². The fourth-order valence-corrected chi connectivity index (χ4v) is 3.00. The maximum atomic E-state index is 10.7. The number of rotatable bonds is 5. The molecular weight excluding hydrogens is 282 g/mol. The molecule has 0 amide bonds. The molecule has 0 saturated heterocycles. The van der Waals surface area contributed by atoms with Crippen molar-refractivity contribution in [3.63, 3.8) is 0 Å². The molecule has 8 nitrogen and oxygen atoms in total. The van der Waals surface area contributed by atoms with Crippen LogP contribution in [0.15, 0.2) is 0 Å². The third-order valence-corrected chi connectivity index (χ3v) is 5.46. The van der Waals surface area contributed by atoms with Gasteiger partial charge < -0.3 is 35.0 Å². The number of aliphatic hydroxyl groups is 1. The van der Waals surface area contributed by atoms with E-state index in [2.05, 4.69) is 0 Å². The Kier molecular flexibility index (Phi) is 12.2. The molecule has 0 saturated carbocycles. The fraction of sp³-hybridized carbons (Fsp3) is 1.00. The van der Waals surface area contributed by atoms with Crippen molar-refractivity contribution in [2.75, 3.05) is 6.54 Å². The smallest absolute Gasteiger partial charge is 0.776 e. The van der Waals surface area contributed by atoms with Gasteiger partial charge in [0.15, 0.2) is 7.60 Å². The molecule has 0 fully saturated rings. The van der Waals surface area contributed by atoms with E-state index in [1.807, 2.05) is 0 Å². The van der Waals surface area contributed by atoms with Crippen LogP contribution in [0.2, 0.25) is 0 Å². The second-order valence-corrected chi connectivity index (χ2v) is 6.69. The molecule has 0 aliphatic rings. The zero-order valence-electron chi connectivity index (χ0n) is 9.11. The van der Waals surface area contributed by atoms with Crippen LogP contribution in [0.1, 0.15) is 12.8 Å². The summed E-state index contributed by atoms with van der Waals surface area (Å²) in [5.41, 5.74) is 4.98. The average molecular weight is 294 g/mol. The summed E-state index contributed by atoms with van der Waals surface area (Å²) < 4.78 is 21.3. The van der Waals surface area contributed by atoms with Crippen LogP contribution in [0, 0.1) is 0 Å². The predicted molar refractivity (Wildman–Crippen MR) is 45.1 cm³/mol. The largest absolute Gasteiger partial charge is 1.00 e. The third kappa shape index (κ3) is 5.91. The molecule has 0 rings (SSSR count). The Morgan fingerprint density at radius 3 is 1.75 bits per heavy atom. The van der Waals surface area contributed by atoms with Crippen molar-refractivity contribution < 1.29 is 92.9 Å². The van der Waals surface area contributed by atoms with Crippen molar-refractivity contribution >= 4 is 15.2 Å². The third-order valence-electron chi connectivity index (χ3n) is 1.64. The van der Waals surface area contributed by atoms with Gasteiger partial charge in [-0.25, -0.2) is 0 Å². The minimum atomic E-state index is -5.55. The van der Waals surface area contributed by atoms with Crippen LogP contribution >= 0.6 is 15.2 Å². The van der Waals surface area contributed by atoms with Gasteiger partial charge >= 0.3 is 66.7 Å². The number of hydrogen-bond donors (Lipinski definition) is 5. The average Bonchev–Trinajstić information content (AvgIpc) is 1.95. The van der Waals surface area contributed by atoms with Gasteiger partial charge in [0.25, 0.3) is 0 Å². The molecule has 0 bridgehead atoms. The van der Waals surface area contributed by atoms with Gasteiger partial charge in [-0.15, -0.1) is 0 Å². The van der Waals surface area contributed by atoms with Crippen LogP contribution in [-0.2, 0) is 9.13 Å². The quantitative estimate of drug-likeness (QED) is 0.246. The summed E-state index contributed by atoms with van der Waals surface area (Å²) in [6.07, 6.45) is -0.959. The van der Waals surface area contributed by atoms with Crippen molar-refractivity contribution in [3.8, 4) is 0 Å². The van der Waals surface area contributed by atoms with Gasteiger partial charge in [0.2, 0.25) is 5.08 Å². The van der Waals surface area contributed by atoms with Crippen molar-refractivity contribution in [3.05, 3.63) is 0 Å². The Morgan fingerprint density at radius 1 is 1.19 bits per heavy atom. The van der Waals surface area contributed by atoms with E-state index in [-0.39, 0.29) is 72.1 Å². The molecule has 0 aromatic rings. The van der Waals surface area contributed by atoms with E-state index in [4.69, 9.17) is 20.4 Å². The van der Waals surface area contributed by atoms with Gasteiger partial charge in [-0.05, 0) is 19.4 Å². The normalized spacial score (nSPS) is 18.6. The monoisotopic (exact) mass is 294 g/mol. The molecule has 0 heterocycles. The molecule has 2 atom stereocenters. The topological polar surface area (TPSA) is 164 Å². The van der Waals surface area contributed by atoms with E-state index >= 15 is 0 Å². The summed E-state index contributed by atoms with van der Waals surface area (Å²) in [6, 6.07) is 0. The van der Waals surface area contributed by atoms with Crippen molar-refractivity contribution in [1.29, 1.82) is 0 Å². The first-order chi connectivity index (χ1) is 6.06. The molecule has 0 aromatic carbocycles. The first-order valence-electron chi connectivity index (χ1n) is 3.58. The minimum Gasteiger partial charge on any atom is -0.776 e. The first kappa shape index (κ1) is 23.3. The van der Waals surface area contributed by atoms with E-state index in [0.29, 0.717) is 0 Å². The number of nitrogens with two attached hydrogens (primary N) is 1. The maximum absolute atomic E-state index is 10.7. The predicted octanol–water partition coefficient (Wildman–Crippen LogP) is -7.90. The molecule has 0 aliphatic carbocycles. The van der Waals surface area contributed by atoms with Crippen molar-refractivity contribution in [2.24, 2.45) is 5.73 Å². The van der Waals surface area contributed by atoms with Gasteiger partial charge in [0, 0.05) is 0 Å². The zero-order valence-corrected chi connectivity index (χ0v) is 14.9. The van der Waals surface area contributed by atoms with Gasteiger partial charge in [0.1, 0.15) is 0 Å². The molecule has 86 valence electrons. The molecule has 16 heavy (non-hydrogen) atoms. The number of hydrogen-bond acceptors (Lipinski definition) is 5. The summed E-state index contributed by atoms with van der Waals surface area (Å²) in [4.78, 5) is 36.3. The summed E-state index contributed by atoms with van der Waals surface area (Å²) >= 11 is 0. The molecule has 0 aliphatic heterocycles. The minimum absolute atomic E-state index is 0.